The number of aliphatic hydroxyl groups excluding tert-OH is 1. The van der Waals surface area contributed by atoms with Crippen LogP contribution in [0, 0.1) is 6.92 Å². The van der Waals surface area contributed by atoms with Gasteiger partial charge in [0.05, 0.1) is 0 Å². The summed E-state index contributed by atoms with van der Waals surface area (Å²) in [5.41, 5.74) is 2.20. The summed E-state index contributed by atoms with van der Waals surface area (Å²) in [6.07, 6.45) is 0.870. The highest BCUT2D eigenvalue weighted by Crippen LogP contribution is 2.30. The van der Waals surface area contributed by atoms with Crippen LogP contribution >= 0.6 is 23.2 Å². The number of aliphatic hydroxyl groups is 1. The molecule has 0 saturated heterocycles. The number of halogens is 2. The van der Waals surface area contributed by atoms with Gasteiger partial charge in [-0.05, 0) is 42.8 Å². The summed E-state index contributed by atoms with van der Waals surface area (Å²) in [6.45, 7) is 1.87. The average Bonchev–Trinajstić information content (AvgIpc) is 2.31. The van der Waals surface area contributed by atoms with E-state index in [1.807, 2.05) is 13.0 Å². The van der Waals surface area contributed by atoms with Crippen molar-refractivity contribution in [1.29, 1.82) is 0 Å². The number of hydrogen-bond acceptors (Lipinski definition) is 2. The molecule has 1 N–H and O–H groups in total. The molecule has 0 aliphatic carbocycles. The van der Waals surface area contributed by atoms with Crippen molar-refractivity contribution in [3.05, 3.63) is 63.4 Å². The Bertz CT molecular complexity index is 543. The Hall–Kier alpha value is -1.09. The summed E-state index contributed by atoms with van der Waals surface area (Å²) in [6, 6.07) is 8.62. The van der Waals surface area contributed by atoms with Crippen molar-refractivity contribution in [3.8, 4) is 0 Å². The maximum atomic E-state index is 10.3. The van der Waals surface area contributed by atoms with E-state index in [4.69, 9.17) is 23.2 Å². The van der Waals surface area contributed by atoms with Gasteiger partial charge in [-0.3, -0.25) is 4.98 Å². The van der Waals surface area contributed by atoms with Gasteiger partial charge in [0.25, 0.3) is 0 Å². The van der Waals surface area contributed by atoms with Crippen LogP contribution in [0.3, 0.4) is 0 Å². The van der Waals surface area contributed by atoms with Crippen molar-refractivity contribution in [3.63, 3.8) is 0 Å². The molecule has 1 unspecified atom stereocenters. The molecular weight excluding hydrogens is 257 g/mol. The van der Waals surface area contributed by atoms with Crippen molar-refractivity contribution in [1.82, 2.24) is 4.98 Å². The predicted octanol–water partition coefficient (Wildman–Crippen LogP) is 3.78. The van der Waals surface area contributed by atoms with Crippen LogP contribution in [-0.4, -0.2) is 10.1 Å². The fraction of sp³-hybridized carbons (Fsp3) is 0.154. The molecule has 2 nitrogen and oxygen atoms in total. The monoisotopic (exact) mass is 267 g/mol. The molecule has 0 bridgehead atoms. The van der Waals surface area contributed by atoms with Gasteiger partial charge >= 0.3 is 0 Å². The molecule has 0 amide bonds. The third-order valence-corrected chi connectivity index (χ3v) is 3.07. The lowest BCUT2D eigenvalue weighted by atomic mass is 10.0. The van der Waals surface area contributed by atoms with Crippen molar-refractivity contribution in [2.45, 2.75) is 13.0 Å². The normalized spacial score (nSPS) is 12.5. The Morgan fingerprint density at radius 2 is 1.94 bits per heavy atom. The van der Waals surface area contributed by atoms with Gasteiger partial charge in [-0.15, -0.1) is 0 Å². The number of hydrogen-bond donors (Lipinski definition) is 1. The predicted molar refractivity (Wildman–Crippen MR) is 69.5 cm³/mol. The summed E-state index contributed by atoms with van der Waals surface area (Å²) in [7, 11) is 0. The second-order valence-electron chi connectivity index (χ2n) is 3.80. The molecule has 1 atom stereocenters. The fourth-order valence-corrected chi connectivity index (χ4v) is 2.04. The van der Waals surface area contributed by atoms with Crippen molar-refractivity contribution < 1.29 is 5.11 Å². The minimum Gasteiger partial charge on any atom is -0.384 e. The highest BCUT2D eigenvalue weighted by Gasteiger charge is 2.14. The van der Waals surface area contributed by atoms with Gasteiger partial charge in [0.1, 0.15) is 6.10 Å². The lowest BCUT2D eigenvalue weighted by Gasteiger charge is -2.13. The number of nitrogens with zero attached hydrogens (tertiary/aromatic N) is 1. The molecule has 0 aliphatic heterocycles. The van der Waals surface area contributed by atoms with Crippen LogP contribution in [0.5, 0.6) is 0 Å². The lowest BCUT2D eigenvalue weighted by Crippen LogP contribution is -2.01. The molecule has 2 rings (SSSR count). The van der Waals surface area contributed by atoms with E-state index < -0.39 is 6.10 Å². The Kier molecular flexibility index (Phi) is 3.67. The van der Waals surface area contributed by atoms with Crippen molar-refractivity contribution in [2.24, 2.45) is 0 Å². The van der Waals surface area contributed by atoms with Crippen molar-refractivity contribution in [2.75, 3.05) is 0 Å². The Morgan fingerprint density at radius 1 is 1.18 bits per heavy atom. The van der Waals surface area contributed by atoms with Crippen LogP contribution in [0.25, 0.3) is 0 Å². The average molecular weight is 268 g/mol. The molecule has 0 spiro atoms. The van der Waals surface area contributed by atoms with Gasteiger partial charge in [0, 0.05) is 27.5 Å². The molecule has 0 radical (unpaired) electrons. The molecular formula is C13H11Cl2NO. The van der Waals surface area contributed by atoms with E-state index in [1.165, 1.54) is 0 Å². The molecule has 2 aromatic rings. The zero-order valence-corrected chi connectivity index (χ0v) is 10.7. The number of rotatable bonds is 2. The van der Waals surface area contributed by atoms with Crippen LogP contribution in [0.2, 0.25) is 10.0 Å². The molecule has 0 aliphatic rings. The summed E-state index contributed by atoms with van der Waals surface area (Å²) < 4.78 is 0. The Labute approximate surface area is 110 Å². The van der Waals surface area contributed by atoms with E-state index in [2.05, 4.69) is 4.98 Å². The van der Waals surface area contributed by atoms with E-state index in [9.17, 15) is 5.11 Å². The third kappa shape index (κ3) is 2.78. The molecule has 17 heavy (non-hydrogen) atoms. The highest BCUT2D eigenvalue weighted by atomic mass is 35.5. The van der Waals surface area contributed by atoms with Gasteiger partial charge in [-0.2, -0.15) is 0 Å². The number of aromatic nitrogens is 1. The molecule has 1 heterocycles. The van der Waals surface area contributed by atoms with Crippen molar-refractivity contribution >= 4 is 23.2 Å². The number of benzene rings is 1. The summed E-state index contributed by atoms with van der Waals surface area (Å²) in [5.74, 6) is 0. The van der Waals surface area contributed by atoms with Gasteiger partial charge in [0.2, 0.25) is 0 Å². The fourth-order valence-electron chi connectivity index (χ4n) is 1.64. The SMILES string of the molecule is Cc1cc(C(O)c2cc(Cl)ccc2Cl)ccn1. The summed E-state index contributed by atoms with van der Waals surface area (Å²) in [4.78, 5) is 4.09. The topological polar surface area (TPSA) is 33.1 Å². The van der Waals surface area contributed by atoms with E-state index in [0.717, 1.165) is 11.3 Å². The van der Waals surface area contributed by atoms with Crippen LogP contribution in [0.4, 0.5) is 0 Å². The summed E-state index contributed by atoms with van der Waals surface area (Å²) in [5, 5.41) is 11.3. The summed E-state index contributed by atoms with van der Waals surface area (Å²) >= 11 is 11.9. The molecule has 88 valence electrons. The lowest BCUT2D eigenvalue weighted by molar-refractivity contribution is 0.220. The van der Waals surface area contributed by atoms with E-state index in [0.29, 0.717) is 15.6 Å². The van der Waals surface area contributed by atoms with Gasteiger partial charge in [-0.1, -0.05) is 23.2 Å². The maximum absolute atomic E-state index is 10.3. The zero-order chi connectivity index (χ0) is 12.4. The molecule has 0 fully saturated rings. The maximum Gasteiger partial charge on any atom is 0.106 e. The van der Waals surface area contributed by atoms with E-state index in [1.54, 1.807) is 30.5 Å². The standard InChI is InChI=1S/C13H11Cl2NO/c1-8-6-9(4-5-16-8)13(17)11-7-10(14)2-3-12(11)15/h2-7,13,17H,1H3. The first-order valence-corrected chi connectivity index (χ1v) is 5.89. The number of pyridine rings is 1. The van der Waals surface area contributed by atoms with E-state index >= 15 is 0 Å². The molecule has 1 aromatic carbocycles. The quantitative estimate of drug-likeness (QED) is 0.899. The first-order valence-electron chi connectivity index (χ1n) is 5.13. The van der Waals surface area contributed by atoms with Crippen LogP contribution < -0.4 is 0 Å². The van der Waals surface area contributed by atoms with Gasteiger partial charge < -0.3 is 5.11 Å². The zero-order valence-electron chi connectivity index (χ0n) is 9.19. The Morgan fingerprint density at radius 3 is 2.65 bits per heavy atom. The molecule has 0 saturated carbocycles. The first-order chi connectivity index (χ1) is 8.08. The minimum absolute atomic E-state index is 0.497. The number of aryl methyl sites for hydroxylation is 1. The van der Waals surface area contributed by atoms with Crippen LogP contribution in [0.1, 0.15) is 22.9 Å². The second kappa shape index (κ2) is 5.05. The van der Waals surface area contributed by atoms with Gasteiger partial charge in [-0.25, -0.2) is 0 Å². The minimum atomic E-state index is -0.789. The first kappa shape index (κ1) is 12.4. The van der Waals surface area contributed by atoms with Crippen LogP contribution in [-0.2, 0) is 0 Å². The van der Waals surface area contributed by atoms with E-state index in [-0.39, 0.29) is 0 Å². The molecule has 1 aromatic heterocycles. The largest absolute Gasteiger partial charge is 0.384 e. The van der Waals surface area contributed by atoms with Crippen LogP contribution in [0.15, 0.2) is 36.5 Å². The third-order valence-electron chi connectivity index (χ3n) is 2.49. The highest BCUT2D eigenvalue weighted by molar-refractivity contribution is 6.33. The van der Waals surface area contributed by atoms with Gasteiger partial charge in [0.15, 0.2) is 0 Å². The Balaban J connectivity index is 2.43. The second-order valence-corrected chi connectivity index (χ2v) is 4.64. The smallest absolute Gasteiger partial charge is 0.106 e. The molecule has 4 heteroatoms.